The van der Waals surface area contributed by atoms with Gasteiger partial charge in [0.25, 0.3) is 10.0 Å². The lowest BCUT2D eigenvalue weighted by atomic mass is 10.1. The summed E-state index contributed by atoms with van der Waals surface area (Å²) in [5.41, 5.74) is 1.21. The van der Waals surface area contributed by atoms with Gasteiger partial charge in [0.15, 0.2) is 0 Å². The smallest absolute Gasteiger partial charge is 0.252 e. The van der Waals surface area contributed by atoms with E-state index in [1.165, 1.54) is 10.4 Å². The minimum Gasteiger partial charge on any atom is -0.372 e. The standard InChI is InChI=1S/C23H30FN3O4S2/c1-16-14-26(15-17(2)31-16)21-7-5-18(11-20(21)24)13-25-22(28)12-19-6-8-23(32-19)33(29,30)27-9-3-4-10-27/h5-8,11,16-17H,3-4,9-10,12-15H2,1-2H3,(H,25,28). The quantitative estimate of drug-likeness (QED) is 0.639. The molecule has 1 N–H and O–H groups in total. The van der Waals surface area contributed by atoms with E-state index in [4.69, 9.17) is 4.74 Å². The second-order valence-corrected chi connectivity index (χ2v) is 12.1. The summed E-state index contributed by atoms with van der Waals surface area (Å²) in [5.74, 6) is -0.555. The number of amides is 1. The number of halogens is 1. The van der Waals surface area contributed by atoms with Gasteiger partial charge in [0, 0.05) is 37.6 Å². The molecule has 2 unspecified atom stereocenters. The van der Waals surface area contributed by atoms with E-state index in [1.807, 2.05) is 24.8 Å². The van der Waals surface area contributed by atoms with Crippen LogP contribution in [0.25, 0.3) is 0 Å². The highest BCUT2D eigenvalue weighted by Gasteiger charge is 2.29. The normalized spacial score (nSPS) is 22.0. The van der Waals surface area contributed by atoms with Gasteiger partial charge < -0.3 is 15.0 Å². The fourth-order valence-corrected chi connectivity index (χ4v) is 7.39. The summed E-state index contributed by atoms with van der Waals surface area (Å²) in [4.78, 5) is 15.1. The molecule has 33 heavy (non-hydrogen) atoms. The van der Waals surface area contributed by atoms with Gasteiger partial charge >= 0.3 is 0 Å². The Morgan fingerprint density at radius 2 is 1.85 bits per heavy atom. The number of hydrogen-bond acceptors (Lipinski definition) is 6. The molecule has 2 fully saturated rings. The molecule has 2 aromatic rings. The van der Waals surface area contributed by atoms with Crippen molar-refractivity contribution in [3.63, 3.8) is 0 Å². The van der Waals surface area contributed by atoms with Crippen LogP contribution >= 0.6 is 11.3 Å². The van der Waals surface area contributed by atoms with Crippen molar-refractivity contribution in [3.8, 4) is 0 Å². The van der Waals surface area contributed by atoms with Crippen LogP contribution in [0.5, 0.6) is 0 Å². The van der Waals surface area contributed by atoms with Crippen LogP contribution in [0.1, 0.15) is 37.1 Å². The third-order valence-electron chi connectivity index (χ3n) is 5.89. The van der Waals surface area contributed by atoms with Crippen LogP contribution < -0.4 is 10.2 Å². The molecular formula is C23H30FN3O4S2. The molecule has 1 aromatic carbocycles. The Bertz CT molecular complexity index is 1090. The van der Waals surface area contributed by atoms with Crippen molar-refractivity contribution in [1.82, 2.24) is 9.62 Å². The van der Waals surface area contributed by atoms with Crippen molar-refractivity contribution in [3.05, 3.63) is 46.6 Å². The molecule has 180 valence electrons. The van der Waals surface area contributed by atoms with Gasteiger partial charge in [-0.15, -0.1) is 11.3 Å². The molecule has 0 bridgehead atoms. The summed E-state index contributed by atoms with van der Waals surface area (Å²) < 4.78 is 47.5. The molecule has 0 saturated carbocycles. The average molecular weight is 496 g/mol. The van der Waals surface area contributed by atoms with E-state index in [0.29, 0.717) is 42.3 Å². The van der Waals surface area contributed by atoms with Crippen LogP contribution in [0.15, 0.2) is 34.5 Å². The number of carbonyl (C=O) groups is 1. The van der Waals surface area contributed by atoms with Gasteiger partial charge in [-0.3, -0.25) is 4.79 Å². The van der Waals surface area contributed by atoms with E-state index >= 15 is 0 Å². The number of ether oxygens (including phenoxy) is 1. The number of thiophene rings is 1. The van der Waals surface area contributed by atoms with Gasteiger partial charge in [0.05, 0.1) is 24.3 Å². The first kappa shape index (κ1) is 24.1. The molecule has 2 atom stereocenters. The van der Waals surface area contributed by atoms with Crippen LogP contribution in [0, 0.1) is 5.82 Å². The van der Waals surface area contributed by atoms with E-state index in [-0.39, 0.29) is 41.1 Å². The number of carbonyl (C=O) groups excluding carboxylic acids is 1. The predicted molar refractivity (Wildman–Crippen MR) is 126 cm³/mol. The second kappa shape index (κ2) is 10.1. The highest BCUT2D eigenvalue weighted by molar-refractivity contribution is 7.91. The lowest BCUT2D eigenvalue weighted by Crippen LogP contribution is -2.45. The van der Waals surface area contributed by atoms with Crippen LogP contribution in [0.3, 0.4) is 0 Å². The van der Waals surface area contributed by atoms with Gasteiger partial charge in [-0.25, -0.2) is 12.8 Å². The summed E-state index contributed by atoms with van der Waals surface area (Å²) in [6.07, 6.45) is 1.92. The van der Waals surface area contributed by atoms with Gasteiger partial charge in [-0.1, -0.05) is 6.07 Å². The molecular weight excluding hydrogens is 465 g/mol. The highest BCUT2D eigenvalue weighted by Crippen LogP contribution is 2.28. The highest BCUT2D eigenvalue weighted by atomic mass is 32.2. The molecule has 2 aliphatic heterocycles. The third-order valence-corrected chi connectivity index (χ3v) is 9.34. The topological polar surface area (TPSA) is 79.0 Å². The summed E-state index contributed by atoms with van der Waals surface area (Å²) >= 11 is 1.13. The predicted octanol–water partition coefficient (Wildman–Crippen LogP) is 3.14. The molecule has 3 heterocycles. The van der Waals surface area contributed by atoms with Crippen LogP contribution in [-0.4, -0.2) is 57.0 Å². The maximum absolute atomic E-state index is 14.7. The zero-order chi connectivity index (χ0) is 23.6. The SMILES string of the molecule is CC1CN(c2ccc(CNC(=O)Cc3ccc(S(=O)(=O)N4CCCC4)s3)cc2F)CC(C)O1. The fourth-order valence-electron chi connectivity index (χ4n) is 4.36. The molecule has 0 spiro atoms. The van der Waals surface area contributed by atoms with E-state index in [1.54, 1.807) is 18.2 Å². The molecule has 10 heteroatoms. The Morgan fingerprint density at radius 3 is 2.52 bits per heavy atom. The third kappa shape index (κ3) is 5.74. The fraction of sp³-hybridized carbons (Fsp3) is 0.522. The van der Waals surface area contributed by atoms with Crippen molar-refractivity contribution in [2.24, 2.45) is 0 Å². The Hall–Kier alpha value is -2.01. The lowest BCUT2D eigenvalue weighted by molar-refractivity contribution is -0.120. The number of benzene rings is 1. The molecule has 7 nitrogen and oxygen atoms in total. The first-order valence-electron chi connectivity index (χ1n) is 11.3. The first-order chi connectivity index (χ1) is 15.7. The Morgan fingerprint density at radius 1 is 1.15 bits per heavy atom. The number of rotatable bonds is 7. The Balaban J connectivity index is 1.32. The van der Waals surface area contributed by atoms with Crippen LogP contribution in [-0.2, 0) is 32.5 Å². The van der Waals surface area contributed by atoms with Gasteiger partial charge in [0.2, 0.25) is 5.91 Å². The van der Waals surface area contributed by atoms with Crippen molar-refractivity contribution < 1.29 is 22.3 Å². The summed E-state index contributed by atoms with van der Waals surface area (Å²) in [7, 11) is -3.47. The first-order valence-corrected chi connectivity index (χ1v) is 13.5. The molecule has 1 aromatic heterocycles. The summed E-state index contributed by atoms with van der Waals surface area (Å²) in [6, 6.07) is 8.27. The van der Waals surface area contributed by atoms with E-state index < -0.39 is 10.0 Å². The number of anilines is 1. The zero-order valence-electron chi connectivity index (χ0n) is 18.9. The van der Waals surface area contributed by atoms with Crippen LogP contribution in [0.4, 0.5) is 10.1 Å². The number of morpholine rings is 1. The molecule has 0 aliphatic carbocycles. The number of sulfonamides is 1. The maximum atomic E-state index is 14.7. The summed E-state index contributed by atoms with van der Waals surface area (Å²) in [5, 5.41) is 2.80. The molecule has 0 radical (unpaired) electrons. The molecule has 4 rings (SSSR count). The second-order valence-electron chi connectivity index (χ2n) is 8.73. The van der Waals surface area contributed by atoms with E-state index in [2.05, 4.69) is 5.32 Å². The molecule has 2 aliphatic rings. The average Bonchev–Trinajstić information content (AvgIpc) is 3.44. The van der Waals surface area contributed by atoms with E-state index in [9.17, 15) is 17.6 Å². The number of nitrogens with zero attached hydrogens (tertiary/aromatic N) is 2. The number of hydrogen-bond donors (Lipinski definition) is 1. The molecule has 1 amide bonds. The lowest BCUT2D eigenvalue weighted by Gasteiger charge is -2.37. The Labute approximate surface area is 198 Å². The molecule has 2 saturated heterocycles. The largest absolute Gasteiger partial charge is 0.372 e. The van der Waals surface area contributed by atoms with Crippen molar-refractivity contribution >= 4 is 33.0 Å². The zero-order valence-corrected chi connectivity index (χ0v) is 20.6. The monoisotopic (exact) mass is 495 g/mol. The van der Waals surface area contributed by atoms with Crippen LogP contribution in [0.2, 0.25) is 0 Å². The van der Waals surface area contributed by atoms with E-state index in [0.717, 1.165) is 24.2 Å². The van der Waals surface area contributed by atoms with Crippen molar-refractivity contribution in [1.29, 1.82) is 0 Å². The minimum absolute atomic E-state index is 0.0372. The van der Waals surface area contributed by atoms with Gasteiger partial charge in [-0.2, -0.15) is 4.31 Å². The maximum Gasteiger partial charge on any atom is 0.252 e. The van der Waals surface area contributed by atoms with Crippen molar-refractivity contribution in [2.75, 3.05) is 31.1 Å². The van der Waals surface area contributed by atoms with Gasteiger partial charge in [0.1, 0.15) is 10.0 Å². The summed E-state index contributed by atoms with van der Waals surface area (Å²) in [6.45, 7) is 6.52. The minimum atomic E-state index is -3.47. The Kier molecular flexibility index (Phi) is 7.37. The van der Waals surface area contributed by atoms with Gasteiger partial charge in [-0.05, 0) is 56.5 Å². The van der Waals surface area contributed by atoms with Crippen molar-refractivity contribution in [2.45, 2.75) is 56.1 Å². The number of nitrogens with one attached hydrogen (secondary N) is 1.